The summed E-state index contributed by atoms with van der Waals surface area (Å²) in [6.45, 7) is 3.65. The zero-order valence-corrected chi connectivity index (χ0v) is 21.2. The van der Waals surface area contributed by atoms with Gasteiger partial charge in [-0.3, -0.25) is 9.52 Å². The first-order valence-electron chi connectivity index (χ1n) is 11.2. The molecule has 0 spiro atoms. The van der Waals surface area contributed by atoms with E-state index in [1.165, 1.54) is 12.1 Å². The van der Waals surface area contributed by atoms with E-state index in [0.717, 1.165) is 11.6 Å². The summed E-state index contributed by atoms with van der Waals surface area (Å²) >= 11 is 0. The molecule has 1 N–H and O–H groups in total. The van der Waals surface area contributed by atoms with Crippen molar-refractivity contribution in [1.82, 2.24) is 4.90 Å². The number of aryl methyl sites for hydroxylation is 1. The molecule has 0 aromatic heterocycles. The lowest BCUT2D eigenvalue weighted by molar-refractivity contribution is -0.138. The summed E-state index contributed by atoms with van der Waals surface area (Å²) in [4.78, 5) is 14.5. The Morgan fingerprint density at radius 1 is 1.08 bits per heavy atom. The minimum absolute atomic E-state index is 0.183. The van der Waals surface area contributed by atoms with Gasteiger partial charge in [0.25, 0.3) is 15.9 Å². The van der Waals surface area contributed by atoms with Crippen LogP contribution in [0, 0.1) is 12.7 Å². The zero-order chi connectivity index (χ0) is 26.0. The largest absolute Gasteiger partial charge is 0.497 e. The molecule has 3 aromatic carbocycles. The summed E-state index contributed by atoms with van der Waals surface area (Å²) in [6, 6.07) is 13.9. The van der Waals surface area contributed by atoms with Gasteiger partial charge in [0.05, 0.1) is 19.1 Å². The highest BCUT2D eigenvalue weighted by molar-refractivity contribution is 7.92. The minimum Gasteiger partial charge on any atom is -0.497 e. The third-order valence-corrected chi connectivity index (χ3v) is 7.33. The number of halogens is 1. The van der Waals surface area contributed by atoms with Crippen LogP contribution in [0.4, 0.5) is 10.1 Å². The maximum absolute atomic E-state index is 13.9. The Hall–Kier alpha value is -3.79. The van der Waals surface area contributed by atoms with Gasteiger partial charge in [0.2, 0.25) is 0 Å². The Kier molecular flexibility index (Phi) is 7.07. The summed E-state index contributed by atoms with van der Waals surface area (Å²) < 4.78 is 58.7. The van der Waals surface area contributed by atoms with Crippen molar-refractivity contribution < 1.29 is 31.8 Å². The van der Waals surface area contributed by atoms with Gasteiger partial charge in [-0.1, -0.05) is 6.07 Å². The van der Waals surface area contributed by atoms with E-state index in [1.54, 1.807) is 63.3 Å². The highest BCUT2D eigenvalue weighted by Gasteiger charge is 2.29. The van der Waals surface area contributed by atoms with Crippen LogP contribution in [0.2, 0.25) is 0 Å². The number of methoxy groups -OCH3 is 2. The predicted octanol–water partition coefficient (Wildman–Crippen LogP) is 4.26. The molecule has 1 atom stereocenters. The number of benzene rings is 3. The standard InChI is InChI=1S/C26H27FN2O6S/c1-16-5-9-22(13-23(16)27)36(31,32)28-20-7-10-24-19(11-20)15-29(26(30)17(2)35-24)14-18-6-8-21(33-3)12-25(18)34-4/h5-13,17,28H,14-15H2,1-4H3/t17-/m0/s1. The number of rotatable bonds is 7. The van der Waals surface area contributed by atoms with E-state index in [9.17, 15) is 17.6 Å². The van der Waals surface area contributed by atoms with Crippen LogP contribution >= 0.6 is 0 Å². The number of amides is 1. The van der Waals surface area contributed by atoms with Crippen LogP contribution in [0.5, 0.6) is 17.2 Å². The molecule has 1 aliphatic rings. The van der Waals surface area contributed by atoms with Crippen molar-refractivity contribution in [2.24, 2.45) is 0 Å². The number of hydrogen-bond donors (Lipinski definition) is 1. The van der Waals surface area contributed by atoms with Crippen molar-refractivity contribution in [1.29, 1.82) is 0 Å². The predicted molar refractivity (Wildman–Crippen MR) is 132 cm³/mol. The Morgan fingerprint density at radius 2 is 1.86 bits per heavy atom. The summed E-state index contributed by atoms with van der Waals surface area (Å²) in [5.74, 6) is 0.855. The van der Waals surface area contributed by atoms with Crippen LogP contribution in [0.25, 0.3) is 0 Å². The fraction of sp³-hybridized carbons (Fsp3) is 0.269. The van der Waals surface area contributed by atoms with Crippen LogP contribution in [-0.2, 0) is 27.9 Å². The smallest absolute Gasteiger partial charge is 0.263 e. The van der Waals surface area contributed by atoms with E-state index in [0.29, 0.717) is 28.4 Å². The van der Waals surface area contributed by atoms with Gasteiger partial charge in [-0.25, -0.2) is 12.8 Å². The number of sulfonamides is 1. The van der Waals surface area contributed by atoms with Gasteiger partial charge in [-0.05, 0) is 61.9 Å². The topological polar surface area (TPSA) is 94.2 Å². The summed E-state index contributed by atoms with van der Waals surface area (Å²) in [6.07, 6.45) is -0.742. The SMILES string of the molecule is COc1ccc(CN2Cc3cc(NS(=O)(=O)c4ccc(C)c(F)c4)ccc3O[C@@H](C)C2=O)c(OC)c1. The lowest BCUT2D eigenvalue weighted by Gasteiger charge is -2.23. The molecule has 0 saturated heterocycles. The molecule has 0 bridgehead atoms. The van der Waals surface area contributed by atoms with Crippen molar-refractivity contribution in [2.45, 2.75) is 37.9 Å². The Bertz CT molecular complexity index is 1410. The Balaban J connectivity index is 1.62. The first kappa shape index (κ1) is 25.3. The number of carbonyl (C=O) groups excluding carboxylic acids is 1. The molecule has 0 fully saturated rings. The van der Waals surface area contributed by atoms with Crippen molar-refractivity contribution in [3.05, 3.63) is 77.1 Å². The Morgan fingerprint density at radius 3 is 2.56 bits per heavy atom. The van der Waals surface area contributed by atoms with Gasteiger partial charge >= 0.3 is 0 Å². The van der Waals surface area contributed by atoms with Gasteiger partial charge in [0.1, 0.15) is 23.1 Å². The van der Waals surface area contributed by atoms with Gasteiger partial charge in [-0.2, -0.15) is 0 Å². The van der Waals surface area contributed by atoms with E-state index < -0.39 is 21.9 Å². The van der Waals surface area contributed by atoms with Gasteiger partial charge in [-0.15, -0.1) is 0 Å². The maximum Gasteiger partial charge on any atom is 0.263 e. The molecule has 3 aromatic rings. The number of fused-ring (bicyclic) bond motifs is 1. The summed E-state index contributed by atoms with van der Waals surface area (Å²) in [7, 11) is -0.924. The molecule has 8 nitrogen and oxygen atoms in total. The maximum atomic E-state index is 13.9. The Labute approximate surface area is 209 Å². The third kappa shape index (κ3) is 5.23. The molecule has 1 amide bonds. The highest BCUT2D eigenvalue weighted by Crippen LogP contribution is 2.32. The molecule has 190 valence electrons. The molecule has 4 rings (SSSR count). The van der Waals surface area contributed by atoms with Crippen LogP contribution in [0.15, 0.2) is 59.5 Å². The summed E-state index contributed by atoms with van der Waals surface area (Å²) in [5, 5.41) is 0. The molecule has 0 aliphatic carbocycles. The second-order valence-electron chi connectivity index (χ2n) is 8.47. The molecule has 0 unspecified atom stereocenters. The van der Waals surface area contributed by atoms with E-state index >= 15 is 0 Å². The van der Waals surface area contributed by atoms with E-state index in [1.807, 2.05) is 6.07 Å². The van der Waals surface area contributed by atoms with Gasteiger partial charge < -0.3 is 19.1 Å². The number of anilines is 1. The lowest BCUT2D eigenvalue weighted by Crippen LogP contribution is -2.37. The van der Waals surface area contributed by atoms with Gasteiger partial charge in [0.15, 0.2) is 6.10 Å². The monoisotopic (exact) mass is 514 g/mol. The molecule has 0 saturated carbocycles. The molecule has 1 heterocycles. The molecule has 10 heteroatoms. The first-order valence-corrected chi connectivity index (χ1v) is 12.7. The number of hydrogen-bond acceptors (Lipinski definition) is 6. The quantitative estimate of drug-likeness (QED) is 0.506. The second kappa shape index (κ2) is 10.1. The summed E-state index contributed by atoms with van der Waals surface area (Å²) in [5.41, 5.74) is 2.02. The van der Waals surface area contributed by atoms with Crippen LogP contribution in [0.1, 0.15) is 23.6 Å². The van der Waals surface area contributed by atoms with Crippen molar-refractivity contribution >= 4 is 21.6 Å². The lowest BCUT2D eigenvalue weighted by atomic mass is 10.1. The van der Waals surface area contributed by atoms with Crippen molar-refractivity contribution in [3.63, 3.8) is 0 Å². The van der Waals surface area contributed by atoms with Crippen molar-refractivity contribution in [2.75, 3.05) is 18.9 Å². The van der Waals surface area contributed by atoms with E-state index in [2.05, 4.69) is 4.72 Å². The molecule has 1 aliphatic heterocycles. The zero-order valence-electron chi connectivity index (χ0n) is 20.4. The molecule has 0 radical (unpaired) electrons. The number of nitrogens with one attached hydrogen (secondary N) is 1. The van der Waals surface area contributed by atoms with Crippen LogP contribution in [0.3, 0.4) is 0 Å². The van der Waals surface area contributed by atoms with E-state index in [4.69, 9.17) is 14.2 Å². The van der Waals surface area contributed by atoms with Gasteiger partial charge in [0, 0.05) is 36.0 Å². The fourth-order valence-electron chi connectivity index (χ4n) is 3.94. The molecular weight excluding hydrogens is 487 g/mol. The highest BCUT2D eigenvalue weighted by atomic mass is 32.2. The fourth-order valence-corrected chi connectivity index (χ4v) is 5.00. The second-order valence-corrected chi connectivity index (χ2v) is 10.2. The third-order valence-electron chi connectivity index (χ3n) is 5.95. The number of carbonyl (C=O) groups is 1. The molecular formula is C26H27FN2O6S. The van der Waals surface area contributed by atoms with Crippen LogP contribution in [-0.4, -0.2) is 39.5 Å². The number of ether oxygens (including phenoxy) is 3. The normalized spacial score (nSPS) is 15.5. The number of nitrogens with zero attached hydrogens (tertiary/aromatic N) is 1. The minimum atomic E-state index is -4.03. The van der Waals surface area contributed by atoms with E-state index in [-0.39, 0.29) is 29.6 Å². The first-order chi connectivity index (χ1) is 17.1. The molecule has 36 heavy (non-hydrogen) atoms. The average Bonchev–Trinajstić information content (AvgIpc) is 2.96. The average molecular weight is 515 g/mol. The van der Waals surface area contributed by atoms with Crippen LogP contribution < -0.4 is 18.9 Å². The van der Waals surface area contributed by atoms with Crippen molar-refractivity contribution in [3.8, 4) is 17.2 Å².